The Hall–Kier alpha value is -4.67. The maximum absolute atomic E-state index is 13.0. The molecule has 0 unspecified atom stereocenters. The number of nitrogens with two attached hydrogens (primary N) is 1. The molecule has 3 aromatic carbocycles. The summed E-state index contributed by atoms with van der Waals surface area (Å²) in [5, 5.41) is 14.6. The standard InChI is InChI=1S/C30H33N3O7/c1-3-38-27(16-17-28(36)33-25-10-6-5-9-24(25)31)29(23-8-4-7-11-26(23)39-19-18-34)40-30(37)32-22-14-12-21(13-15-22)20(2)35/h4-17,27,29,34H,3,18-19,31H2,1-2H3,(H,32,37)(H,33,36)/b17-16+/t27-,29-/m0/s1. The van der Waals surface area contributed by atoms with Gasteiger partial charge in [0.05, 0.1) is 18.0 Å². The third-order valence-corrected chi connectivity index (χ3v) is 5.66. The van der Waals surface area contributed by atoms with Crippen LogP contribution in [0.4, 0.5) is 21.9 Å². The molecule has 3 aromatic rings. The molecule has 0 bridgehead atoms. The van der Waals surface area contributed by atoms with Crippen molar-refractivity contribution in [2.24, 2.45) is 0 Å². The zero-order valence-electron chi connectivity index (χ0n) is 22.3. The van der Waals surface area contributed by atoms with Crippen LogP contribution in [0.15, 0.2) is 84.9 Å². The summed E-state index contributed by atoms with van der Waals surface area (Å²) in [5.74, 6) is -0.181. The molecule has 10 heteroatoms. The SMILES string of the molecule is CCO[C@@H](/C=C/C(=O)Nc1ccccc1N)[C@@H](OC(=O)Nc1ccc(C(C)=O)cc1)c1ccccc1OCCO. The maximum Gasteiger partial charge on any atom is 0.412 e. The number of ketones is 1. The average Bonchev–Trinajstić information content (AvgIpc) is 2.95. The number of para-hydroxylation sites is 3. The summed E-state index contributed by atoms with van der Waals surface area (Å²) in [4.78, 5) is 37.2. The molecule has 0 saturated heterocycles. The van der Waals surface area contributed by atoms with Crippen LogP contribution in [0, 0.1) is 0 Å². The number of nitrogen functional groups attached to an aromatic ring is 1. The van der Waals surface area contributed by atoms with Gasteiger partial charge in [-0.2, -0.15) is 0 Å². The Bertz CT molecular complexity index is 1320. The Labute approximate surface area is 232 Å². The topological polar surface area (TPSA) is 149 Å². The summed E-state index contributed by atoms with van der Waals surface area (Å²) in [6.07, 6.45) is 0.0296. The van der Waals surface area contributed by atoms with Gasteiger partial charge in [0.25, 0.3) is 0 Å². The van der Waals surface area contributed by atoms with E-state index < -0.39 is 24.2 Å². The monoisotopic (exact) mass is 547 g/mol. The fraction of sp³-hybridized carbons (Fsp3) is 0.233. The molecule has 0 spiro atoms. The van der Waals surface area contributed by atoms with Crippen molar-refractivity contribution in [2.45, 2.75) is 26.1 Å². The first kappa shape index (κ1) is 29.9. The van der Waals surface area contributed by atoms with E-state index in [2.05, 4.69) is 10.6 Å². The van der Waals surface area contributed by atoms with Gasteiger partial charge in [0.1, 0.15) is 18.5 Å². The maximum atomic E-state index is 13.0. The van der Waals surface area contributed by atoms with Gasteiger partial charge in [0.2, 0.25) is 5.91 Å². The van der Waals surface area contributed by atoms with E-state index in [0.717, 1.165) is 0 Å². The molecule has 0 aliphatic carbocycles. The van der Waals surface area contributed by atoms with E-state index >= 15 is 0 Å². The van der Waals surface area contributed by atoms with Crippen LogP contribution >= 0.6 is 0 Å². The van der Waals surface area contributed by atoms with Gasteiger partial charge in [-0.25, -0.2) is 4.79 Å². The quantitative estimate of drug-likeness (QED) is 0.136. The number of benzene rings is 3. The summed E-state index contributed by atoms with van der Waals surface area (Å²) in [6, 6.07) is 20.1. The molecule has 0 fully saturated rings. The van der Waals surface area contributed by atoms with Crippen molar-refractivity contribution < 1.29 is 33.7 Å². The first-order valence-corrected chi connectivity index (χ1v) is 12.7. The Morgan fingerprint density at radius 2 is 1.68 bits per heavy atom. The van der Waals surface area contributed by atoms with Crippen LogP contribution in [0.1, 0.15) is 35.9 Å². The van der Waals surface area contributed by atoms with Gasteiger partial charge in [0.15, 0.2) is 11.9 Å². The second kappa shape index (κ2) is 15.1. The fourth-order valence-corrected chi connectivity index (χ4v) is 3.76. The van der Waals surface area contributed by atoms with Crippen molar-refractivity contribution in [2.75, 3.05) is 36.2 Å². The average molecular weight is 548 g/mol. The molecule has 40 heavy (non-hydrogen) atoms. The third-order valence-electron chi connectivity index (χ3n) is 5.66. The predicted molar refractivity (Wildman–Crippen MR) is 152 cm³/mol. The van der Waals surface area contributed by atoms with E-state index in [1.165, 1.54) is 19.1 Å². The number of anilines is 3. The van der Waals surface area contributed by atoms with Crippen molar-refractivity contribution >= 4 is 34.8 Å². The van der Waals surface area contributed by atoms with Crippen LogP contribution in [0.5, 0.6) is 5.75 Å². The summed E-state index contributed by atoms with van der Waals surface area (Å²) in [5.41, 5.74) is 8.17. The van der Waals surface area contributed by atoms with E-state index in [1.807, 2.05) is 0 Å². The lowest BCUT2D eigenvalue weighted by molar-refractivity contribution is -0.112. The van der Waals surface area contributed by atoms with E-state index in [0.29, 0.717) is 33.9 Å². The number of aliphatic hydroxyl groups is 1. The molecule has 210 valence electrons. The summed E-state index contributed by atoms with van der Waals surface area (Å²) < 4.78 is 17.4. The van der Waals surface area contributed by atoms with Gasteiger partial charge in [-0.05, 0) is 62.4 Å². The smallest absolute Gasteiger partial charge is 0.412 e. The Morgan fingerprint density at radius 1 is 0.975 bits per heavy atom. The summed E-state index contributed by atoms with van der Waals surface area (Å²) in [6.45, 7) is 3.28. The summed E-state index contributed by atoms with van der Waals surface area (Å²) >= 11 is 0. The molecule has 2 atom stereocenters. The number of Topliss-reactive ketones (excluding diaryl/α,β-unsaturated/α-hetero) is 1. The minimum Gasteiger partial charge on any atom is -0.491 e. The zero-order valence-corrected chi connectivity index (χ0v) is 22.3. The second-order valence-corrected chi connectivity index (χ2v) is 8.55. The second-order valence-electron chi connectivity index (χ2n) is 8.55. The van der Waals surface area contributed by atoms with Crippen LogP contribution in [-0.2, 0) is 14.3 Å². The molecule has 0 radical (unpaired) electrons. The molecule has 3 rings (SSSR count). The molecule has 0 heterocycles. The van der Waals surface area contributed by atoms with Crippen molar-refractivity contribution in [3.05, 3.63) is 96.1 Å². The highest BCUT2D eigenvalue weighted by molar-refractivity contribution is 6.01. The highest BCUT2D eigenvalue weighted by Crippen LogP contribution is 2.33. The van der Waals surface area contributed by atoms with Gasteiger partial charge in [-0.3, -0.25) is 14.9 Å². The van der Waals surface area contributed by atoms with Crippen LogP contribution in [0.2, 0.25) is 0 Å². The van der Waals surface area contributed by atoms with Gasteiger partial charge >= 0.3 is 6.09 Å². The minimum atomic E-state index is -1.04. The van der Waals surface area contributed by atoms with Crippen molar-refractivity contribution in [1.29, 1.82) is 0 Å². The number of amides is 2. The normalized spacial score (nSPS) is 12.4. The van der Waals surface area contributed by atoms with Gasteiger partial charge in [-0.1, -0.05) is 30.3 Å². The van der Waals surface area contributed by atoms with Crippen LogP contribution in [0.3, 0.4) is 0 Å². The first-order valence-electron chi connectivity index (χ1n) is 12.7. The molecule has 0 saturated carbocycles. The molecule has 0 aromatic heterocycles. The molecule has 0 aliphatic rings. The molecular weight excluding hydrogens is 514 g/mol. The number of ether oxygens (including phenoxy) is 3. The number of nitrogens with one attached hydrogen (secondary N) is 2. The number of rotatable bonds is 13. The van der Waals surface area contributed by atoms with E-state index in [9.17, 15) is 19.5 Å². The van der Waals surface area contributed by atoms with Gasteiger partial charge in [-0.15, -0.1) is 0 Å². The van der Waals surface area contributed by atoms with Crippen molar-refractivity contribution in [1.82, 2.24) is 0 Å². The number of carbonyl (C=O) groups is 3. The van der Waals surface area contributed by atoms with Crippen LogP contribution in [-0.4, -0.2) is 48.8 Å². The van der Waals surface area contributed by atoms with E-state index in [4.69, 9.17) is 19.9 Å². The Kier molecular flexibility index (Phi) is 11.2. The lowest BCUT2D eigenvalue weighted by Gasteiger charge is -2.27. The predicted octanol–water partition coefficient (Wildman–Crippen LogP) is 4.73. The van der Waals surface area contributed by atoms with Crippen LogP contribution in [0.25, 0.3) is 0 Å². The van der Waals surface area contributed by atoms with Crippen molar-refractivity contribution in [3.8, 4) is 5.75 Å². The van der Waals surface area contributed by atoms with Crippen LogP contribution < -0.4 is 21.1 Å². The fourth-order valence-electron chi connectivity index (χ4n) is 3.76. The lowest BCUT2D eigenvalue weighted by Crippen LogP contribution is -2.28. The number of hydrogen-bond donors (Lipinski definition) is 4. The zero-order chi connectivity index (χ0) is 28.9. The van der Waals surface area contributed by atoms with Gasteiger partial charge < -0.3 is 30.4 Å². The largest absolute Gasteiger partial charge is 0.491 e. The van der Waals surface area contributed by atoms with Crippen molar-refractivity contribution in [3.63, 3.8) is 0 Å². The summed E-state index contributed by atoms with van der Waals surface area (Å²) in [7, 11) is 0. The number of carbonyl (C=O) groups excluding carboxylic acids is 3. The lowest BCUT2D eigenvalue weighted by atomic mass is 10.0. The van der Waals surface area contributed by atoms with Gasteiger partial charge in [0, 0.05) is 29.5 Å². The van der Waals surface area contributed by atoms with E-state index in [1.54, 1.807) is 79.7 Å². The minimum absolute atomic E-state index is 0.0223. The Balaban J connectivity index is 1.88. The highest BCUT2D eigenvalue weighted by Gasteiger charge is 2.29. The molecule has 2 amide bonds. The first-order chi connectivity index (χ1) is 19.3. The van der Waals surface area contributed by atoms with E-state index in [-0.39, 0.29) is 25.6 Å². The third kappa shape index (κ3) is 8.69. The molecular formula is C30H33N3O7. The molecule has 5 N–H and O–H groups in total. The highest BCUT2D eigenvalue weighted by atomic mass is 16.6. The molecule has 10 nitrogen and oxygen atoms in total. The molecule has 0 aliphatic heterocycles. The Morgan fingerprint density at radius 3 is 2.35 bits per heavy atom. The number of aliphatic hydroxyl groups excluding tert-OH is 1. The number of hydrogen-bond acceptors (Lipinski definition) is 8.